The zero-order valence-electron chi connectivity index (χ0n) is 19.3. The molecule has 0 radical (unpaired) electrons. The van der Waals surface area contributed by atoms with E-state index in [9.17, 15) is 19.5 Å². The Morgan fingerprint density at radius 1 is 0.818 bits per heavy atom. The van der Waals surface area contributed by atoms with Gasteiger partial charge in [-0.3, -0.25) is 9.59 Å². The topological polar surface area (TPSA) is 101 Å². The Bertz CT molecular complexity index is 934. The van der Waals surface area contributed by atoms with Crippen molar-refractivity contribution in [3.8, 4) is 5.75 Å². The van der Waals surface area contributed by atoms with Crippen molar-refractivity contribution in [2.45, 2.75) is 71.1 Å². The molecule has 0 spiro atoms. The average molecular weight is 455 g/mol. The number of carbonyl (C=O) groups excluding carboxylic acids is 1. The molecule has 33 heavy (non-hydrogen) atoms. The summed E-state index contributed by atoms with van der Waals surface area (Å²) in [5.41, 5.74) is 0.977. The van der Waals surface area contributed by atoms with Crippen LogP contribution < -0.4 is 4.74 Å². The number of aliphatic carboxylic acids is 1. The summed E-state index contributed by atoms with van der Waals surface area (Å²) in [6.07, 6.45) is 9.65. The number of carbonyl (C=O) groups is 3. The van der Waals surface area contributed by atoms with Gasteiger partial charge in [-0.25, -0.2) is 4.79 Å². The molecule has 0 aliphatic rings. The largest absolute Gasteiger partial charge is 0.493 e. The second kappa shape index (κ2) is 14.1. The van der Waals surface area contributed by atoms with Gasteiger partial charge in [-0.05, 0) is 42.7 Å². The number of carboxylic acids is 2. The lowest BCUT2D eigenvalue weighted by atomic mass is 9.96. The van der Waals surface area contributed by atoms with Gasteiger partial charge in [0.2, 0.25) is 0 Å². The minimum atomic E-state index is -1.17. The normalized spacial score (nSPS) is 10.7. The molecule has 0 atom stereocenters. The third-order valence-corrected chi connectivity index (χ3v) is 5.59. The number of unbranched alkanes of at least 4 members (excludes halogenated alkanes) is 7. The van der Waals surface area contributed by atoms with Gasteiger partial charge in [0.15, 0.2) is 5.78 Å². The van der Waals surface area contributed by atoms with Crippen molar-refractivity contribution >= 4 is 17.7 Å². The van der Waals surface area contributed by atoms with Gasteiger partial charge in [-0.2, -0.15) is 0 Å². The lowest BCUT2D eigenvalue weighted by molar-refractivity contribution is -0.136. The second-order valence-corrected chi connectivity index (χ2v) is 8.22. The molecule has 2 N–H and O–H groups in total. The Morgan fingerprint density at radius 3 is 2.09 bits per heavy atom. The van der Waals surface area contributed by atoms with Crippen molar-refractivity contribution < 1.29 is 29.3 Å². The van der Waals surface area contributed by atoms with Gasteiger partial charge in [0.1, 0.15) is 5.75 Å². The molecule has 2 aromatic rings. The molecule has 0 bridgehead atoms. The third-order valence-electron chi connectivity index (χ3n) is 5.59. The smallest absolute Gasteiger partial charge is 0.336 e. The molecule has 0 fully saturated rings. The highest BCUT2D eigenvalue weighted by molar-refractivity contribution is 6.14. The first-order valence-electron chi connectivity index (χ1n) is 11.8. The molecule has 0 unspecified atom stereocenters. The van der Waals surface area contributed by atoms with Crippen LogP contribution in [0.5, 0.6) is 5.75 Å². The number of hydrogen-bond donors (Lipinski definition) is 2. The van der Waals surface area contributed by atoms with Crippen molar-refractivity contribution in [3.63, 3.8) is 0 Å². The second-order valence-electron chi connectivity index (χ2n) is 8.22. The van der Waals surface area contributed by atoms with Crippen LogP contribution in [-0.4, -0.2) is 34.5 Å². The van der Waals surface area contributed by atoms with Crippen molar-refractivity contribution in [3.05, 3.63) is 64.7 Å². The van der Waals surface area contributed by atoms with Crippen LogP contribution in [0.25, 0.3) is 0 Å². The van der Waals surface area contributed by atoms with Crippen molar-refractivity contribution in [1.29, 1.82) is 0 Å². The van der Waals surface area contributed by atoms with Crippen LogP contribution in [0.1, 0.15) is 96.6 Å². The Labute approximate surface area is 195 Å². The highest BCUT2D eigenvalue weighted by Crippen LogP contribution is 2.25. The molecule has 0 saturated carbocycles. The lowest BCUT2D eigenvalue weighted by Gasteiger charge is -2.13. The quantitative estimate of drug-likeness (QED) is 0.233. The Morgan fingerprint density at radius 2 is 1.45 bits per heavy atom. The first-order valence-corrected chi connectivity index (χ1v) is 11.8. The number of ketones is 1. The van der Waals surface area contributed by atoms with Crippen LogP contribution in [0.15, 0.2) is 42.5 Å². The van der Waals surface area contributed by atoms with Crippen LogP contribution in [0, 0.1) is 0 Å². The van der Waals surface area contributed by atoms with Crippen molar-refractivity contribution in [1.82, 2.24) is 0 Å². The molecule has 178 valence electrons. The first-order chi connectivity index (χ1) is 15.9. The van der Waals surface area contributed by atoms with Gasteiger partial charge in [-0.1, -0.05) is 70.1 Å². The molecule has 0 saturated heterocycles. The van der Waals surface area contributed by atoms with E-state index in [1.165, 1.54) is 50.7 Å². The molecule has 0 amide bonds. The minimum Gasteiger partial charge on any atom is -0.493 e. The highest BCUT2D eigenvalue weighted by Gasteiger charge is 2.19. The summed E-state index contributed by atoms with van der Waals surface area (Å²) in [7, 11) is 0. The predicted octanol–water partition coefficient (Wildman–Crippen LogP) is 6.15. The van der Waals surface area contributed by atoms with E-state index in [1.807, 2.05) is 0 Å². The van der Waals surface area contributed by atoms with Gasteiger partial charge < -0.3 is 14.9 Å². The Balaban J connectivity index is 2.04. The van der Waals surface area contributed by atoms with Gasteiger partial charge >= 0.3 is 11.9 Å². The molecule has 2 rings (SSSR count). The third kappa shape index (κ3) is 8.72. The van der Waals surface area contributed by atoms with E-state index in [0.29, 0.717) is 23.5 Å². The summed E-state index contributed by atoms with van der Waals surface area (Å²) >= 11 is 0. The van der Waals surface area contributed by atoms with E-state index in [4.69, 9.17) is 9.84 Å². The number of ether oxygens (including phenoxy) is 1. The van der Waals surface area contributed by atoms with Gasteiger partial charge in [0.05, 0.1) is 12.2 Å². The van der Waals surface area contributed by atoms with E-state index in [1.54, 1.807) is 30.3 Å². The summed E-state index contributed by atoms with van der Waals surface area (Å²) < 4.78 is 5.92. The number of rotatable bonds is 16. The molecular weight excluding hydrogens is 420 g/mol. The van der Waals surface area contributed by atoms with Crippen LogP contribution in [0.4, 0.5) is 0 Å². The van der Waals surface area contributed by atoms with Gasteiger partial charge in [0, 0.05) is 17.5 Å². The predicted molar refractivity (Wildman–Crippen MR) is 127 cm³/mol. The summed E-state index contributed by atoms with van der Waals surface area (Å²) in [5, 5.41) is 18.5. The maximum absolute atomic E-state index is 13.0. The Hall–Kier alpha value is -3.15. The van der Waals surface area contributed by atoms with E-state index in [-0.39, 0.29) is 24.0 Å². The maximum Gasteiger partial charge on any atom is 0.336 e. The van der Waals surface area contributed by atoms with Crippen LogP contribution in [-0.2, 0) is 11.2 Å². The zero-order valence-corrected chi connectivity index (χ0v) is 19.3. The fourth-order valence-corrected chi connectivity index (χ4v) is 3.74. The molecule has 0 aromatic heterocycles. The SMILES string of the molecule is CCCCCCCCCCOc1ccc(C(=O)c2ccccc2C(=O)O)cc1CCC(=O)O. The molecule has 0 heterocycles. The van der Waals surface area contributed by atoms with E-state index >= 15 is 0 Å². The fourth-order valence-electron chi connectivity index (χ4n) is 3.74. The fraction of sp³-hybridized carbons (Fsp3) is 0.444. The van der Waals surface area contributed by atoms with Crippen LogP contribution >= 0.6 is 0 Å². The molecule has 0 aliphatic carbocycles. The number of aryl methyl sites for hydroxylation is 1. The van der Waals surface area contributed by atoms with E-state index in [0.717, 1.165) is 12.8 Å². The van der Waals surface area contributed by atoms with E-state index < -0.39 is 17.7 Å². The summed E-state index contributed by atoms with van der Waals surface area (Å²) in [5.74, 6) is -1.95. The van der Waals surface area contributed by atoms with Crippen molar-refractivity contribution in [2.75, 3.05) is 6.61 Å². The average Bonchev–Trinajstić information content (AvgIpc) is 2.81. The van der Waals surface area contributed by atoms with Gasteiger partial charge in [-0.15, -0.1) is 0 Å². The number of benzene rings is 2. The standard InChI is InChI=1S/C27H34O6/c1-2-3-4-5-6-7-8-11-18-33-24-16-14-21(19-20(24)15-17-25(28)29)26(30)22-12-9-10-13-23(22)27(31)32/h9-10,12-14,16,19H,2-8,11,15,17-18H2,1H3,(H,28,29)(H,31,32). The molecular formula is C27H34O6. The Kier molecular flexibility index (Phi) is 11.1. The first kappa shape index (κ1) is 26.1. The number of hydrogen-bond acceptors (Lipinski definition) is 4. The van der Waals surface area contributed by atoms with Crippen LogP contribution in [0.3, 0.4) is 0 Å². The maximum atomic E-state index is 13.0. The van der Waals surface area contributed by atoms with Crippen LogP contribution in [0.2, 0.25) is 0 Å². The summed E-state index contributed by atoms with van der Waals surface area (Å²) in [6.45, 7) is 2.74. The summed E-state index contributed by atoms with van der Waals surface area (Å²) in [6, 6.07) is 11.0. The molecule has 0 aliphatic heterocycles. The van der Waals surface area contributed by atoms with Crippen molar-refractivity contribution in [2.24, 2.45) is 0 Å². The molecule has 6 nitrogen and oxygen atoms in total. The minimum absolute atomic E-state index is 0.0652. The van der Waals surface area contributed by atoms with Gasteiger partial charge in [0.25, 0.3) is 0 Å². The number of aromatic carboxylic acids is 1. The molecule has 2 aromatic carbocycles. The summed E-state index contributed by atoms with van der Waals surface area (Å²) in [4.78, 5) is 35.6. The zero-order chi connectivity index (χ0) is 24.1. The van der Waals surface area contributed by atoms with E-state index in [2.05, 4.69) is 6.92 Å². The number of carboxylic acid groups (broad SMARTS) is 2. The lowest BCUT2D eigenvalue weighted by Crippen LogP contribution is -2.10. The highest BCUT2D eigenvalue weighted by atomic mass is 16.5. The molecule has 6 heteroatoms. The monoisotopic (exact) mass is 454 g/mol.